The number of imide groups is 1. The number of nitrogens with zero attached hydrogens (tertiary/aromatic N) is 2. The third-order valence-corrected chi connectivity index (χ3v) is 5.42. The highest BCUT2D eigenvalue weighted by Crippen LogP contribution is 2.31. The van der Waals surface area contributed by atoms with Gasteiger partial charge < -0.3 is 5.32 Å². The molecule has 2 aromatic rings. The van der Waals surface area contributed by atoms with E-state index in [-0.39, 0.29) is 19.1 Å². The maximum Gasteiger partial charge on any atom is 0.261 e. The van der Waals surface area contributed by atoms with Crippen molar-refractivity contribution in [1.82, 2.24) is 26.1 Å². The van der Waals surface area contributed by atoms with E-state index in [0.717, 1.165) is 27.3 Å². The van der Waals surface area contributed by atoms with E-state index < -0.39 is 5.92 Å². The fourth-order valence-electron chi connectivity index (χ4n) is 3.71. The van der Waals surface area contributed by atoms with Gasteiger partial charge in [0.15, 0.2) is 0 Å². The molecule has 3 N–H and O–H groups in total. The second-order valence-corrected chi connectivity index (χ2v) is 7.82. The van der Waals surface area contributed by atoms with Crippen LogP contribution in [0.4, 0.5) is 0 Å². The zero-order chi connectivity index (χ0) is 22.3. The summed E-state index contributed by atoms with van der Waals surface area (Å²) in [6.07, 6.45) is 7.12. The lowest BCUT2D eigenvalue weighted by molar-refractivity contribution is -0.121. The van der Waals surface area contributed by atoms with Gasteiger partial charge in [-0.15, -0.1) is 0 Å². The number of hydrogen-bond acceptors (Lipinski definition) is 6. The second-order valence-electron chi connectivity index (χ2n) is 7.82. The summed E-state index contributed by atoms with van der Waals surface area (Å²) in [5.74, 6) is -1.18. The number of benzene rings is 1. The molecule has 160 valence electrons. The number of rotatable bonds is 4. The van der Waals surface area contributed by atoms with Gasteiger partial charge in [-0.1, -0.05) is 6.07 Å². The van der Waals surface area contributed by atoms with Crippen molar-refractivity contribution in [2.24, 2.45) is 0 Å². The third-order valence-electron chi connectivity index (χ3n) is 5.42. The maximum atomic E-state index is 12.9. The molecule has 8 heteroatoms. The Morgan fingerprint density at radius 1 is 1.06 bits per heavy atom. The Hall–Kier alpha value is -3.94. The third kappa shape index (κ3) is 3.68. The van der Waals surface area contributed by atoms with E-state index >= 15 is 0 Å². The molecule has 31 heavy (non-hydrogen) atoms. The quantitative estimate of drug-likeness (QED) is 0.658. The molecule has 1 aromatic heterocycles. The van der Waals surface area contributed by atoms with Crippen molar-refractivity contribution in [3.05, 3.63) is 81.9 Å². The van der Waals surface area contributed by atoms with Crippen molar-refractivity contribution in [3.8, 4) is 0 Å². The SMILES string of the molecule is Cc1cncc(C2=CC=C(NC(=O)[C@@H](C)c3cc(C)cc4c3C(=O)N(C)C4=O)NN2)c1.[HH]. The molecule has 0 radical (unpaired) electrons. The van der Waals surface area contributed by atoms with Crippen molar-refractivity contribution in [3.63, 3.8) is 0 Å². The number of hydrogen-bond donors (Lipinski definition) is 3. The molecule has 2 aliphatic rings. The Bertz CT molecular complexity index is 1190. The van der Waals surface area contributed by atoms with Gasteiger partial charge in [0.25, 0.3) is 11.8 Å². The van der Waals surface area contributed by atoms with Gasteiger partial charge in [-0.05, 0) is 61.7 Å². The van der Waals surface area contributed by atoms with Crippen LogP contribution in [0.25, 0.3) is 5.70 Å². The van der Waals surface area contributed by atoms with E-state index in [4.69, 9.17) is 0 Å². The van der Waals surface area contributed by atoms with Crippen LogP contribution in [0, 0.1) is 13.8 Å². The molecular weight excluding hydrogens is 394 g/mol. The van der Waals surface area contributed by atoms with Crippen LogP contribution in [-0.2, 0) is 4.79 Å². The summed E-state index contributed by atoms with van der Waals surface area (Å²) < 4.78 is 0. The first kappa shape index (κ1) is 20.3. The van der Waals surface area contributed by atoms with Crippen molar-refractivity contribution >= 4 is 23.4 Å². The number of nitrogens with one attached hydrogen (secondary N) is 3. The van der Waals surface area contributed by atoms with Gasteiger partial charge in [0.05, 0.1) is 22.7 Å². The van der Waals surface area contributed by atoms with Gasteiger partial charge in [0.2, 0.25) is 5.91 Å². The Labute approximate surface area is 181 Å². The minimum Gasteiger partial charge on any atom is -0.311 e. The zero-order valence-electron chi connectivity index (χ0n) is 17.7. The lowest BCUT2D eigenvalue weighted by Crippen LogP contribution is -2.41. The molecule has 0 bridgehead atoms. The summed E-state index contributed by atoms with van der Waals surface area (Å²) in [5, 5.41) is 2.83. The second kappa shape index (κ2) is 7.71. The first-order valence-electron chi connectivity index (χ1n) is 9.90. The largest absolute Gasteiger partial charge is 0.311 e. The highest BCUT2D eigenvalue weighted by Gasteiger charge is 2.37. The summed E-state index contributed by atoms with van der Waals surface area (Å²) in [6, 6.07) is 5.48. The fraction of sp³-hybridized carbons (Fsp3) is 0.217. The maximum absolute atomic E-state index is 12.9. The summed E-state index contributed by atoms with van der Waals surface area (Å²) in [5.41, 5.74) is 10.8. The molecule has 0 unspecified atom stereocenters. The van der Waals surface area contributed by atoms with Crippen LogP contribution < -0.4 is 16.2 Å². The van der Waals surface area contributed by atoms with E-state index in [1.807, 2.05) is 26.0 Å². The van der Waals surface area contributed by atoms with E-state index in [1.54, 1.807) is 37.5 Å². The molecule has 2 aliphatic heterocycles. The number of amides is 3. The van der Waals surface area contributed by atoms with E-state index in [2.05, 4.69) is 21.2 Å². The smallest absolute Gasteiger partial charge is 0.261 e. The summed E-state index contributed by atoms with van der Waals surface area (Å²) in [4.78, 5) is 43.1. The first-order valence-corrected chi connectivity index (χ1v) is 9.90. The lowest BCUT2D eigenvalue weighted by Gasteiger charge is -2.22. The van der Waals surface area contributed by atoms with Gasteiger partial charge in [-0.3, -0.25) is 35.1 Å². The van der Waals surface area contributed by atoms with Crippen LogP contribution in [0.5, 0.6) is 0 Å². The summed E-state index contributed by atoms with van der Waals surface area (Å²) >= 11 is 0. The molecule has 0 aliphatic carbocycles. The minimum atomic E-state index is -0.633. The lowest BCUT2D eigenvalue weighted by atomic mass is 9.90. The van der Waals surface area contributed by atoms with Gasteiger partial charge in [-0.25, -0.2) is 0 Å². The fourth-order valence-corrected chi connectivity index (χ4v) is 3.71. The van der Waals surface area contributed by atoms with Crippen LogP contribution in [0.1, 0.15) is 57.2 Å². The molecule has 4 rings (SSSR count). The number of aromatic nitrogens is 1. The molecule has 8 nitrogen and oxygen atoms in total. The van der Waals surface area contributed by atoms with E-state index in [0.29, 0.717) is 22.5 Å². The average Bonchev–Trinajstić information content (AvgIpc) is 2.97. The topological polar surface area (TPSA) is 103 Å². The number of allylic oxidation sites excluding steroid dienone is 2. The molecule has 0 saturated carbocycles. The predicted octanol–water partition coefficient (Wildman–Crippen LogP) is 2.38. The molecule has 0 saturated heterocycles. The average molecular weight is 419 g/mol. The zero-order valence-corrected chi connectivity index (χ0v) is 17.7. The molecule has 0 fully saturated rings. The number of carbonyl (C=O) groups is 3. The predicted molar refractivity (Wildman–Crippen MR) is 118 cm³/mol. The number of carbonyl (C=O) groups excluding carboxylic acids is 3. The minimum absolute atomic E-state index is 0. The van der Waals surface area contributed by atoms with Crippen LogP contribution in [0.2, 0.25) is 0 Å². The molecule has 3 heterocycles. The Kier molecular flexibility index (Phi) is 5.06. The van der Waals surface area contributed by atoms with Crippen LogP contribution in [0.3, 0.4) is 0 Å². The van der Waals surface area contributed by atoms with Crippen molar-refractivity contribution in [1.29, 1.82) is 0 Å². The summed E-state index contributed by atoms with van der Waals surface area (Å²) in [6.45, 7) is 5.53. The highest BCUT2D eigenvalue weighted by molar-refractivity contribution is 6.22. The number of pyridine rings is 1. The van der Waals surface area contributed by atoms with Gasteiger partial charge in [0.1, 0.15) is 5.82 Å². The normalized spacial score (nSPS) is 16.1. The molecule has 3 amide bonds. The summed E-state index contributed by atoms with van der Waals surface area (Å²) in [7, 11) is 1.45. The Balaban J connectivity index is 0.00000289. The number of hydrazine groups is 1. The van der Waals surface area contributed by atoms with Crippen molar-refractivity contribution in [2.45, 2.75) is 26.7 Å². The Morgan fingerprint density at radius 3 is 2.52 bits per heavy atom. The monoisotopic (exact) mass is 419 g/mol. The van der Waals surface area contributed by atoms with Gasteiger partial charge >= 0.3 is 0 Å². The highest BCUT2D eigenvalue weighted by atomic mass is 16.2. The number of fused-ring (bicyclic) bond motifs is 1. The molecular formula is C23H25N5O3. The molecule has 0 spiro atoms. The van der Waals surface area contributed by atoms with Gasteiger partial charge in [-0.2, -0.15) is 0 Å². The molecule has 1 atom stereocenters. The molecule has 1 aromatic carbocycles. The van der Waals surface area contributed by atoms with Crippen LogP contribution >= 0.6 is 0 Å². The van der Waals surface area contributed by atoms with Crippen molar-refractivity contribution in [2.75, 3.05) is 7.05 Å². The van der Waals surface area contributed by atoms with Gasteiger partial charge in [0, 0.05) is 26.4 Å². The van der Waals surface area contributed by atoms with E-state index in [1.165, 1.54) is 7.05 Å². The van der Waals surface area contributed by atoms with Crippen molar-refractivity contribution < 1.29 is 15.8 Å². The van der Waals surface area contributed by atoms with Crippen LogP contribution in [-0.4, -0.2) is 34.7 Å². The Morgan fingerprint density at radius 2 is 1.84 bits per heavy atom. The first-order chi connectivity index (χ1) is 14.8. The standard InChI is InChI=1S/C23H23N5O3.H2/c1-12-8-16(20-17(9-12)22(30)28(4)23(20)31)14(3)21(29)25-19-6-5-18(26-27-19)15-7-13(2)10-24-11-15;/h5-11,14,26-27H,1-4H3,(H,25,29);1H/t14-;/m0./s1. The van der Waals surface area contributed by atoms with E-state index in [9.17, 15) is 14.4 Å². The van der Waals surface area contributed by atoms with Crippen LogP contribution in [0.15, 0.2) is 48.6 Å². The number of aryl methyl sites for hydroxylation is 2.